The quantitative estimate of drug-likeness (QED) is 0.453. The SMILES string of the molecule is Cc1nc2ccc(C(=O)N3CCCCC3)cn2c1-c1ccc(-c2ccccc2)cc1. The van der Waals surface area contributed by atoms with Crippen LogP contribution in [0.5, 0.6) is 0 Å². The molecule has 2 aromatic carbocycles. The minimum Gasteiger partial charge on any atom is -0.339 e. The van der Waals surface area contributed by atoms with Crippen LogP contribution in [0.2, 0.25) is 0 Å². The highest BCUT2D eigenvalue weighted by Crippen LogP contribution is 2.28. The van der Waals surface area contributed by atoms with Crippen LogP contribution >= 0.6 is 0 Å². The molecule has 0 N–H and O–H groups in total. The van der Waals surface area contributed by atoms with E-state index in [1.54, 1.807) is 0 Å². The highest BCUT2D eigenvalue weighted by Gasteiger charge is 2.20. The Hall–Kier alpha value is -3.40. The first-order valence-electron chi connectivity index (χ1n) is 10.6. The van der Waals surface area contributed by atoms with Crippen molar-refractivity contribution >= 4 is 11.6 Å². The van der Waals surface area contributed by atoms with Gasteiger partial charge in [0, 0.05) is 24.8 Å². The molecule has 5 rings (SSSR count). The van der Waals surface area contributed by atoms with Crippen molar-refractivity contribution in [3.8, 4) is 22.4 Å². The van der Waals surface area contributed by atoms with Crippen LogP contribution in [0, 0.1) is 6.92 Å². The first kappa shape index (κ1) is 18.6. The molecule has 1 saturated heterocycles. The fourth-order valence-electron chi connectivity index (χ4n) is 4.37. The van der Waals surface area contributed by atoms with E-state index in [0.29, 0.717) is 0 Å². The number of likely N-dealkylation sites (tertiary alicyclic amines) is 1. The van der Waals surface area contributed by atoms with Crippen molar-refractivity contribution < 1.29 is 4.79 Å². The minimum atomic E-state index is 0.119. The molecule has 4 aromatic rings. The van der Waals surface area contributed by atoms with Crippen LogP contribution in [0.3, 0.4) is 0 Å². The fourth-order valence-corrected chi connectivity index (χ4v) is 4.37. The van der Waals surface area contributed by atoms with Gasteiger partial charge in [-0.2, -0.15) is 0 Å². The molecule has 30 heavy (non-hydrogen) atoms. The van der Waals surface area contributed by atoms with Gasteiger partial charge in [-0.05, 0) is 49.4 Å². The Kier molecular flexibility index (Phi) is 4.83. The molecule has 0 spiro atoms. The maximum absolute atomic E-state index is 13.0. The number of benzene rings is 2. The summed E-state index contributed by atoms with van der Waals surface area (Å²) in [6, 6.07) is 22.8. The predicted octanol–water partition coefficient (Wildman–Crippen LogP) is 5.60. The Morgan fingerprint density at radius 2 is 1.47 bits per heavy atom. The van der Waals surface area contributed by atoms with Gasteiger partial charge in [-0.3, -0.25) is 9.20 Å². The number of aryl methyl sites for hydroxylation is 1. The second kappa shape index (κ2) is 7.79. The van der Waals surface area contributed by atoms with E-state index in [1.165, 1.54) is 17.5 Å². The molecular formula is C26H25N3O. The Labute approximate surface area is 176 Å². The molecule has 2 aromatic heterocycles. The maximum atomic E-state index is 13.0. The first-order chi connectivity index (χ1) is 14.7. The summed E-state index contributed by atoms with van der Waals surface area (Å²) in [6.45, 7) is 3.74. The van der Waals surface area contributed by atoms with Gasteiger partial charge >= 0.3 is 0 Å². The molecule has 0 atom stereocenters. The van der Waals surface area contributed by atoms with Gasteiger partial charge in [-0.15, -0.1) is 0 Å². The Morgan fingerprint density at radius 3 is 2.20 bits per heavy atom. The third-order valence-corrected chi connectivity index (χ3v) is 5.95. The van der Waals surface area contributed by atoms with Gasteiger partial charge in [-0.25, -0.2) is 4.98 Å². The number of carbonyl (C=O) groups is 1. The number of amides is 1. The van der Waals surface area contributed by atoms with Crippen LogP contribution in [0.4, 0.5) is 0 Å². The van der Waals surface area contributed by atoms with Gasteiger partial charge in [0.25, 0.3) is 5.91 Å². The summed E-state index contributed by atoms with van der Waals surface area (Å²) in [5, 5.41) is 0. The van der Waals surface area contributed by atoms with Gasteiger partial charge in [0.1, 0.15) is 5.65 Å². The highest BCUT2D eigenvalue weighted by molar-refractivity contribution is 5.94. The van der Waals surface area contributed by atoms with Crippen molar-refractivity contribution in [3.63, 3.8) is 0 Å². The largest absolute Gasteiger partial charge is 0.339 e. The molecule has 0 aliphatic carbocycles. The number of nitrogens with zero attached hydrogens (tertiary/aromatic N) is 3. The summed E-state index contributed by atoms with van der Waals surface area (Å²) < 4.78 is 2.06. The van der Waals surface area contributed by atoms with Crippen LogP contribution in [0.25, 0.3) is 28.0 Å². The molecule has 3 heterocycles. The highest BCUT2D eigenvalue weighted by atomic mass is 16.2. The lowest BCUT2D eigenvalue weighted by Gasteiger charge is -2.26. The molecule has 0 unspecified atom stereocenters. The first-order valence-corrected chi connectivity index (χ1v) is 10.6. The zero-order valence-electron chi connectivity index (χ0n) is 17.2. The van der Waals surface area contributed by atoms with Crippen LogP contribution in [0.15, 0.2) is 72.9 Å². The van der Waals surface area contributed by atoms with E-state index in [1.807, 2.05) is 36.2 Å². The number of aromatic nitrogens is 2. The van der Waals surface area contributed by atoms with Crippen molar-refractivity contribution in [3.05, 3.63) is 84.2 Å². The van der Waals surface area contributed by atoms with E-state index in [4.69, 9.17) is 4.98 Å². The van der Waals surface area contributed by atoms with E-state index in [0.717, 1.165) is 54.1 Å². The summed E-state index contributed by atoms with van der Waals surface area (Å²) >= 11 is 0. The molecule has 150 valence electrons. The topological polar surface area (TPSA) is 37.6 Å². The smallest absolute Gasteiger partial charge is 0.255 e. The van der Waals surface area contributed by atoms with Crippen LogP contribution in [-0.2, 0) is 0 Å². The molecule has 1 aliphatic heterocycles. The zero-order chi connectivity index (χ0) is 20.5. The fraction of sp³-hybridized carbons (Fsp3) is 0.231. The lowest BCUT2D eigenvalue weighted by atomic mass is 10.0. The van der Waals surface area contributed by atoms with E-state index in [9.17, 15) is 4.79 Å². The predicted molar refractivity (Wildman–Crippen MR) is 121 cm³/mol. The minimum absolute atomic E-state index is 0.119. The molecule has 4 heteroatoms. The van der Waals surface area contributed by atoms with Crippen molar-refractivity contribution in [1.82, 2.24) is 14.3 Å². The number of fused-ring (bicyclic) bond motifs is 1. The van der Waals surface area contributed by atoms with Gasteiger partial charge in [0.15, 0.2) is 0 Å². The monoisotopic (exact) mass is 395 g/mol. The summed E-state index contributed by atoms with van der Waals surface area (Å²) in [5.41, 5.74) is 7.08. The lowest BCUT2D eigenvalue weighted by Crippen LogP contribution is -2.35. The lowest BCUT2D eigenvalue weighted by molar-refractivity contribution is 0.0724. The van der Waals surface area contributed by atoms with E-state index in [-0.39, 0.29) is 5.91 Å². The number of piperidine rings is 1. The average molecular weight is 396 g/mol. The van der Waals surface area contributed by atoms with Gasteiger partial charge in [0.2, 0.25) is 0 Å². The van der Waals surface area contributed by atoms with Crippen molar-refractivity contribution in [2.75, 3.05) is 13.1 Å². The molecule has 1 fully saturated rings. The number of pyridine rings is 1. The third kappa shape index (κ3) is 3.39. The van der Waals surface area contributed by atoms with Crippen molar-refractivity contribution in [2.24, 2.45) is 0 Å². The molecular weight excluding hydrogens is 370 g/mol. The summed E-state index contributed by atoms with van der Waals surface area (Å²) in [5.74, 6) is 0.119. The van der Waals surface area contributed by atoms with Gasteiger partial charge in [0.05, 0.1) is 17.0 Å². The molecule has 0 bridgehead atoms. The second-order valence-electron chi connectivity index (χ2n) is 7.99. The number of rotatable bonds is 3. The second-order valence-corrected chi connectivity index (χ2v) is 7.99. The molecule has 0 radical (unpaired) electrons. The Bertz CT molecular complexity index is 1190. The van der Waals surface area contributed by atoms with Crippen molar-refractivity contribution in [1.29, 1.82) is 0 Å². The van der Waals surface area contributed by atoms with Gasteiger partial charge < -0.3 is 4.90 Å². The third-order valence-electron chi connectivity index (χ3n) is 5.95. The average Bonchev–Trinajstić information content (AvgIpc) is 3.14. The molecule has 0 saturated carbocycles. The summed E-state index contributed by atoms with van der Waals surface area (Å²) in [7, 11) is 0. The normalized spacial score (nSPS) is 14.2. The maximum Gasteiger partial charge on any atom is 0.255 e. The Morgan fingerprint density at radius 1 is 0.800 bits per heavy atom. The van der Waals surface area contributed by atoms with Crippen LogP contribution in [0.1, 0.15) is 35.3 Å². The van der Waals surface area contributed by atoms with E-state index in [2.05, 4.69) is 52.9 Å². The van der Waals surface area contributed by atoms with Crippen molar-refractivity contribution in [2.45, 2.75) is 26.2 Å². The zero-order valence-corrected chi connectivity index (χ0v) is 17.2. The Balaban J connectivity index is 1.52. The molecule has 1 amide bonds. The number of hydrogen-bond donors (Lipinski definition) is 0. The van der Waals surface area contributed by atoms with Crippen LogP contribution < -0.4 is 0 Å². The van der Waals surface area contributed by atoms with Gasteiger partial charge in [-0.1, -0.05) is 54.6 Å². The van der Waals surface area contributed by atoms with E-state index < -0.39 is 0 Å². The van der Waals surface area contributed by atoms with Crippen LogP contribution in [-0.4, -0.2) is 33.3 Å². The van der Waals surface area contributed by atoms with E-state index >= 15 is 0 Å². The molecule has 1 aliphatic rings. The summed E-state index contributed by atoms with van der Waals surface area (Å²) in [6.07, 6.45) is 5.35. The number of imidazole rings is 1. The summed E-state index contributed by atoms with van der Waals surface area (Å²) in [4.78, 5) is 19.7. The number of hydrogen-bond acceptors (Lipinski definition) is 2. The standard InChI is InChI=1S/C26H25N3O/c1-19-25(22-12-10-21(11-13-22)20-8-4-2-5-9-20)29-18-23(14-15-24(29)27-19)26(30)28-16-6-3-7-17-28/h2,4-5,8-15,18H,3,6-7,16-17H2,1H3. The number of carbonyl (C=O) groups excluding carboxylic acids is 1. The molecule has 4 nitrogen and oxygen atoms in total.